The maximum atomic E-state index is 12.1. The Labute approximate surface area is 119 Å². The van der Waals surface area contributed by atoms with Crippen LogP contribution in [0, 0.1) is 18.3 Å². The van der Waals surface area contributed by atoms with E-state index in [9.17, 15) is 16.8 Å². The molecule has 8 heteroatoms. The van der Waals surface area contributed by atoms with Gasteiger partial charge in [-0.05, 0) is 31.0 Å². The average Bonchev–Trinajstić information content (AvgIpc) is 2.34. The number of sulfone groups is 1. The maximum Gasteiger partial charge on any atom is 0.240 e. The standard InChI is InChI=1S/C12H16N2O4S2/c1-10-4-5-11(9-13)8-12(10)20(17,18)14-6-3-7-19(2,15)16/h4-5,8,14H,3,6-7H2,1-2H3. The summed E-state index contributed by atoms with van der Waals surface area (Å²) in [6.45, 7) is 1.66. The summed E-state index contributed by atoms with van der Waals surface area (Å²) in [7, 11) is -6.84. The molecule has 1 N–H and O–H groups in total. The molecular formula is C12H16N2O4S2. The summed E-state index contributed by atoms with van der Waals surface area (Å²) in [5, 5.41) is 8.79. The van der Waals surface area contributed by atoms with Crippen LogP contribution in [0.3, 0.4) is 0 Å². The topological polar surface area (TPSA) is 104 Å². The molecule has 0 atom stereocenters. The fraction of sp³-hybridized carbons (Fsp3) is 0.417. The number of hydrogen-bond acceptors (Lipinski definition) is 5. The summed E-state index contributed by atoms with van der Waals surface area (Å²) in [6.07, 6.45) is 1.30. The summed E-state index contributed by atoms with van der Waals surface area (Å²) in [4.78, 5) is 0.0379. The minimum absolute atomic E-state index is 0.0334. The Morgan fingerprint density at radius 1 is 1.25 bits per heavy atom. The number of nitrogens with one attached hydrogen (secondary N) is 1. The highest BCUT2D eigenvalue weighted by molar-refractivity contribution is 7.90. The van der Waals surface area contributed by atoms with Crippen LogP contribution in [0.2, 0.25) is 0 Å². The second-order valence-electron chi connectivity index (χ2n) is 4.47. The fourth-order valence-corrected chi connectivity index (χ4v) is 3.59. The Hall–Kier alpha value is -1.43. The molecule has 0 saturated carbocycles. The molecule has 0 aromatic heterocycles. The Morgan fingerprint density at radius 3 is 2.45 bits per heavy atom. The second kappa shape index (κ2) is 6.35. The number of hydrogen-bond donors (Lipinski definition) is 1. The van der Waals surface area contributed by atoms with Crippen LogP contribution in [0.25, 0.3) is 0 Å². The summed E-state index contributed by atoms with van der Waals surface area (Å²) < 4.78 is 48.4. The van der Waals surface area contributed by atoms with Gasteiger partial charge in [0.15, 0.2) is 0 Å². The molecule has 0 unspecified atom stereocenters. The fourth-order valence-electron chi connectivity index (χ4n) is 1.58. The molecule has 110 valence electrons. The molecule has 6 nitrogen and oxygen atoms in total. The van der Waals surface area contributed by atoms with E-state index >= 15 is 0 Å². The van der Waals surface area contributed by atoms with Crippen LogP contribution in [0.1, 0.15) is 17.5 Å². The van der Waals surface area contributed by atoms with Gasteiger partial charge in [0, 0.05) is 12.8 Å². The molecule has 0 heterocycles. The van der Waals surface area contributed by atoms with Crippen molar-refractivity contribution in [2.75, 3.05) is 18.6 Å². The van der Waals surface area contributed by atoms with Gasteiger partial charge in [-0.15, -0.1) is 0 Å². The van der Waals surface area contributed by atoms with Gasteiger partial charge in [0.2, 0.25) is 10.0 Å². The van der Waals surface area contributed by atoms with E-state index in [1.165, 1.54) is 12.1 Å². The van der Waals surface area contributed by atoms with Crippen LogP contribution in [0.15, 0.2) is 23.1 Å². The Kier molecular flexibility index (Phi) is 5.28. The summed E-state index contributed by atoms with van der Waals surface area (Å²) in [5.74, 6) is -0.0766. The third-order valence-corrected chi connectivity index (χ3v) is 5.22. The van der Waals surface area contributed by atoms with Gasteiger partial charge in [-0.1, -0.05) is 6.07 Å². The lowest BCUT2D eigenvalue weighted by atomic mass is 10.2. The van der Waals surface area contributed by atoms with Crippen molar-refractivity contribution in [1.82, 2.24) is 4.72 Å². The van der Waals surface area contributed by atoms with Crippen LogP contribution in [0.4, 0.5) is 0 Å². The highest BCUT2D eigenvalue weighted by atomic mass is 32.2. The van der Waals surface area contributed by atoms with Crippen LogP contribution >= 0.6 is 0 Å². The van der Waals surface area contributed by atoms with Crippen molar-refractivity contribution < 1.29 is 16.8 Å². The number of aryl methyl sites for hydroxylation is 1. The van der Waals surface area contributed by atoms with E-state index in [-0.39, 0.29) is 29.2 Å². The van der Waals surface area contributed by atoms with Gasteiger partial charge in [0.1, 0.15) is 9.84 Å². The van der Waals surface area contributed by atoms with E-state index in [0.717, 1.165) is 6.26 Å². The smallest absolute Gasteiger partial charge is 0.229 e. The van der Waals surface area contributed by atoms with Gasteiger partial charge < -0.3 is 0 Å². The first-order chi connectivity index (χ1) is 9.15. The highest BCUT2D eigenvalue weighted by Gasteiger charge is 2.17. The van der Waals surface area contributed by atoms with Gasteiger partial charge in [0.25, 0.3) is 0 Å². The van der Waals surface area contributed by atoms with Crippen molar-refractivity contribution in [3.05, 3.63) is 29.3 Å². The lowest BCUT2D eigenvalue weighted by Gasteiger charge is -2.09. The number of nitrogens with zero attached hydrogens (tertiary/aromatic N) is 1. The first-order valence-electron chi connectivity index (χ1n) is 5.84. The zero-order valence-electron chi connectivity index (χ0n) is 11.3. The SMILES string of the molecule is Cc1ccc(C#N)cc1S(=O)(=O)NCCCS(C)(=O)=O. The molecule has 0 amide bonds. The number of rotatable bonds is 6. The molecule has 1 aromatic rings. The first-order valence-corrected chi connectivity index (χ1v) is 9.38. The predicted molar refractivity (Wildman–Crippen MR) is 75.4 cm³/mol. The molecule has 0 radical (unpaired) electrons. The average molecular weight is 316 g/mol. The number of nitriles is 1. The van der Waals surface area contributed by atoms with Gasteiger partial charge in [-0.3, -0.25) is 0 Å². The van der Waals surface area contributed by atoms with Crippen molar-refractivity contribution in [1.29, 1.82) is 5.26 Å². The maximum absolute atomic E-state index is 12.1. The van der Waals surface area contributed by atoms with Crippen LogP contribution in [-0.2, 0) is 19.9 Å². The normalized spacial score (nSPS) is 12.1. The third-order valence-electron chi connectivity index (χ3n) is 2.59. The number of benzene rings is 1. The van der Waals surface area contributed by atoms with Crippen molar-refractivity contribution >= 4 is 19.9 Å². The summed E-state index contributed by atoms with van der Waals surface area (Å²) >= 11 is 0. The molecule has 0 aliphatic carbocycles. The lowest BCUT2D eigenvalue weighted by molar-refractivity contribution is 0.577. The lowest BCUT2D eigenvalue weighted by Crippen LogP contribution is -2.26. The Morgan fingerprint density at radius 2 is 1.90 bits per heavy atom. The van der Waals surface area contributed by atoms with Crippen molar-refractivity contribution in [3.63, 3.8) is 0 Å². The minimum Gasteiger partial charge on any atom is -0.229 e. The molecule has 1 aromatic carbocycles. The van der Waals surface area contributed by atoms with Crippen LogP contribution in [-0.4, -0.2) is 35.4 Å². The van der Waals surface area contributed by atoms with Gasteiger partial charge >= 0.3 is 0 Å². The van der Waals surface area contributed by atoms with Gasteiger partial charge in [0.05, 0.1) is 22.3 Å². The zero-order chi connectivity index (χ0) is 15.4. The molecule has 0 spiro atoms. The molecule has 20 heavy (non-hydrogen) atoms. The van der Waals surface area contributed by atoms with E-state index < -0.39 is 19.9 Å². The van der Waals surface area contributed by atoms with Crippen LogP contribution in [0.5, 0.6) is 0 Å². The molecule has 1 rings (SSSR count). The van der Waals surface area contributed by atoms with E-state index in [1.54, 1.807) is 13.0 Å². The van der Waals surface area contributed by atoms with Gasteiger partial charge in [-0.25, -0.2) is 21.6 Å². The predicted octanol–water partition coefficient (Wildman–Crippen LogP) is 0.580. The molecule has 0 aliphatic heterocycles. The van der Waals surface area contributed by atoms with Crippen molar-refractivity contribution in [2.24, 2.45) is 0 Å². The highest BCUT2D eigenvalue weighted by Crippen LogP contribution is 2.16. The number of sulfonamides is 1. The van der Waals surface area contributed by atoms with E-state index in [2.05, 4.69) is 4.72 Å². The quantitative estimate of drug-likeness (QED) is 0.773. The summed E-state index contributed by atoms with van der Waals surface area (Å²) in [5.41, 5.74) is 0.784. The van der Waals surface area contributed by atoms with Crippen molar-refractivity contribution in [3.8, 4) is 6.07 Å². The largest absolute Gasteiger partial charge is 0.240 e. The Bertz CT molecular complexity index is 731. The third kappa shape index (κ3) is 4.92. The van der Waals surface area contributed by atoms with Crippen molar-refractivity contribution in [2.45, 2.75) is 18.2 Å². The monoisotopic (exact) mass is 316 g/mol. The van der Waals surface area contributed by atoms with E-state index in [0.29, 0.717) is 5.56 Å². The molecule has 0 saturated heterocycles. The van der Waals surface area contributed by atoms with Gasteiger partial charge in [-0.2, -0.15) is 5.26 Å². The molecule has 0 aliphatic rings. The summed E-state index contributed by atoms with van der Waals surface area (Å²) in [6, 6.07) is 6.28. The molecule has 0 fully saturated rings. The molecule has 0 bridgehead atoms. The van der Waals surface area contributed by atoms with E-state index in [1.807, 2.05) is 6.07 Å². The second-order valence-corrected chi connectivity index (χ2v) is 8.47. The zero-order valence-corrected chi connectivity index (χ0v) is 12.9. The van der Waals surface area contributed by atoms with E-state index in [4.69, 9.17) is 5.26 Å². The Balaban J connectivity index is 2.82. The minimum atomic E-state index is -3.74. The first kappa shape index (κ1) is 16.6. The molecular weight excluding hydrogens is 300 g/mol. The van der Waals surface area contributed by atoms with Crippen LogP contribution < -0.4 is 4.72 Å².